The van der Waals surface area contributed by atoms with Crippen molar-refractivity contribution in [3.63, 3.8) is 0 Å². The van der Waals surface area contributed by atoms with Gasteiger partial charge in [-0.2, -0.15) is 0 Å². The lowest BCUT2D eigenvalue weighted by Crippen LogP contribution is -2.15. The minimum atomic E-state index is 0.0720. The first-order valence-corrected chi connectivity index (χ1v) is 14.9. The van der Waals surface area contributed by atoms with Crippen molar-refractivity contribution in [2.75, 3.05) is 0 Å². The van der Waals surface area contributed by atoms with Crippen LogP contribution in [0.25, 0.3) is 56.0 Å². The summed E-state index contributed by atoms with van der Waals surface area (Å²) in [5.74, 6) is 0. The number of hydrogen-bond acceptors (Lipinski definition) is 0. The Morgan fingerprint density at radius 2 is 1.38 bits per heavy atom. The highest BCUT2D eigenvalue weighted by Gasteiger charge is 2.33. The summed E-state index contributed by atoms with van der Waals surface area (Å²) < 4.78 is 0. The molecule has 0 heteroatoms. The Morgan fingerprint density at radius 3 is 2.10 bits per heavy atom. The van der Waals surface area contributed by atoms with Crippen LogP contribution in [-0.4, -0.2) is 0 Å². The van der Waals surface area contributed by atoms with E-state index in [0.717, 1.165) is 0 Å². The first kappa shape index (κ1) is 27.5. The zero-order valence-electron chi connectivity index (χ0n) is 25.3. The average molecular weight is 543 g/mol. The van der Waals surface area contributed by atoms with Crippen LogP contribution in [0.2, 0.25) is 0 Å². The van der Waals surface area contributed by atoms with Gasteiger partial charge in [0.25, 0.3) is 0 Å². The summed E-state index contributed by atoms with van der Waals surface area (Å²) in [4.78, 5) is 0. The summed E-state index contributed by atoms with van der Waals surface area (Å²) in [5, 5.41) is 5.05. The zero-order chi connectivity index (χ0) is 29.4. The fourth-order valence-corrected chi connectivity index (χ4v) is 6.59. The van der Waals surface area contributed by atoms with Crippen molar-refractivity contribution >= 4 is 44.8 Å². The number of fused-ring (bicyclic) bond motifs is 4. The third-order valence-corrected chi connectivity index (χ3v) is 9.21. The van der Waals surface area contributed by atoms with Gasteiger partial charge in [-0.3, -0.25) is 0 Å². The van der Waals surface area contributed by atoms with Crippen molar-refractivity contribution in [1.82, 2.24) is 0 Å². The van der Waals surface area contributed by atoms with E-state index in [1.165, 1.54) is 77.2 Å². The lowest BCUT2D eigenvalue weighted by atomic mass is 9.81. The van der Waals surface area contributed by atoms with Crippen LogP contribution in [0.4, 0.5) is 0 Å². The van der Waals surface area contributed by atoms with Crippen molar-refractivity contribution in [2.24, 2.45) is 0 Å². The SMILES string of the molecule is C=C/C=C\C(=C/C)c1c(-c2ccccc2)c2ccccc2c2cc(/C=C/c3ccc4c(c3)C(C)(C)C(C)=C4C)ccc12. The van der Waals surface area contributed by atoms with E-state index >= 15 is 0 Å². The van der Waals surface area contributed by atoms with Crippen LogP contribution < -0.4 is 0 Å². The highest BCUT2D eigenvalue weighted by molar-refractivity contribution is 6.20. The summed E-state index contributed by atoms with van der Waals surface area (Å²) in [6.45, 7) is 15.2. The molecule has 0 heterocycles. The van der Waals surface area contributed by atoms with E-state index in [4.69, 9.17) is 0 Å². The fourth-order valence-electron chi connectivity index (χ4n) is 6.59. The topological polar surface area (TPSA) is 0 Å². The first-order valence-electron chi connectivity index (χ1n) is 14.9. The van der Waals surface area contributed by atoms with Crippen molar-refractivity contribution in [2.45, 2.75) is 40.0 Å². The second-order valence-electron chi connectivity index (χ2n) is 11.8. The Kier molecular flexibility index (Phi) is 7.17. The first-order chi connectivity index (χ1) is 20.3. The number of benzene rings is 5. The van der Waals surface area contributed by atoms with Gasteiger partial charge in [-0.05, 0) is 98.5 Å². The van der Waals surface area contributed by atoms with Crippen molar-refractivity contribution < 1.29 is 0 Å². The Bertz CT molecular complexity index is 1970. The average Bonchev–Trinajstić information content (AvgIpc) is 3.19. The molecule has 0 atom stereocenters. The summed E-state index contributed by atoms with van der Waals surface area (Å²) >= 11 is 0. The molecule has 5 aromatic rings. The molecule has 0 nitrogen and oxygen atoms in total. The molecule has 0 spiro atoms. The molecule has 0 aromatic heterocycles. The molecule has 0 N–H and O–H groups in total. The fraction of sp³-hybridized carbons (Fsp3) is 0.143. The molecular weight excluding hydrogens is 504 g/mol. The van der Waals surface area contributed by atoms with E-state index in [1.54, 1.807) is 0 Å². The normalized spacial score (nSPS) is 14.9. The van der Waals surface area contributed by atoms with Gasteiger partial charge < -0.3 is 0 Å². The Morgan fingerprint density at radius 1 is 0.714 bits per heavy atom. The lowest BCUT2D eigenvalue weighted by Gasteiger charge is -2.22. The molecule has 0 amide bonds. The van der Waals surface area contributed by atoms with Crippen LogP contribution in [-0.2, 0) is 5.41 Å². The minimum absolute atomic E-state index is 0.0720. The van der Waals surface area contributed by atoms with Crippen molar-refractivity contribution in [3.8, 4) is 11.1 Å². The molecule has 1 aliphatic rings. The summed E-state index contributed by atoms with van der Waals surface area (Å²) in [6, 6.07) is 33.4. The predicted octanol–water partition coefficient (Wildman–Crippen LogP) is 12.1. The molecule has 0 saturated heterocycles. The Labute approximate surface area is 250 Å². The van der Waals surface area contributed by atoms with Gasteiger partial charge in [0.1, 0.15) is 0 Å². The van der Waals surface area contributed by atoms with Gasteiger partial charge in [0.2, 0.25) is 0 Å². The van der Waals surface area contributed by atoms with Crippen molar-refractivity contribution in [1.29, 1.82) is 0 Å². The van der Waals surface area contributed by atoms with Crippen LogP contribution in [0.15, 0.2) is 127 Å². The predicted molar refractivity (Wildman–Crippen MR) is 187 cm³/mol. The minimum Gasteiger partial charge on any atom is -0.0991 e. The van der Waals surface area contributed by atoms with Crippen LogP contribution in [0, 0.1) is 0 Å². The lowest BCUT2D eigenvalue weighted by molar-refractivity contribution is 0.638. The highest BCUT2D eigenvalue weighted by Crippen LogP contribution is 2.46. The maximum absolute atomic E-state index is 3.92. The van der Waals surface area contributed by atoms with Crippen LogP contribution in [0.3, 0.4) is 0 Å². The van der Waals surface area contributed by atoms with Gasteiger partial charge in [-0.25, -0.2) is 0 Å². The monoisotopic (exact) mass is 542 g/mol. The van der Waals surface area contributed by atoms with Gasteiger partial charge in [0.15, 0.2) is 0 Å². The standard InChI is InChI=1S/C42H38/c1-7-9-15-32(8-2)40-37-25-23-30(20-21-31-22-24-34-28(3)29(4)42(5,6)39(34)27-31)26-38(37)35-18-13-14-19-36(35)41(40)33-16-11-10-12-17-33/h7-27H,1H2,2-6H3/b15-9-,21-20+,32-8+. The molecule has 42 heavy (non-hydrogen) atoms. The smallest absolute Gasteiger partial charge is 0.0114 e. The van der Waals surface area contributed by atoms with E-state index in [1.807, 2.05) is 12.2 Å². The number of hydrogen-bond donors (Lipinski definition) is 0. The Hall–Kier alpha value is -4.68. The van der Waals surface area contributed by atoms with E-state index in [-0.39, 0.29) is 5.41 Å². The van der Waals surface area contributed by atoms with Gasteiger partial charge in [-0.1, -0.05) is 147 Å². The molecule has 0 unspecified atom stereocenters. The van der Waals surface area contributed by atoms with Crippen LogP contribution in [0.5, 0.6) is 0 Å². The quantitative estimate of drug-likeness (QED) is 0.114. The zero-order valence-corrected chi connectivity index (χ0v) is 25.3. The highest BCUT2D eigenvalue weighted by atomic mass is 14.4. The molecular formula is C42H38. The third kappa shape index (κ3) is 4.58. The van der Waals surface area contributed by atoms with Gasteiger partial charge in [0.05, 0.1) is 0 Å². The number of rotatable bonds is 6. The van der Waals surface area contributed by atoms with Crippen molar-refractivity contribution in [3.05, 3.63) is 155 Å². The maximum atomic E-state index is 3.92. The summed E-state index contributed by atoms with van der Waals surface area (Å²) in [7, 11) is 0. The Balaban J connectivity index is 1.54. The third-order valence-electron chi connectivity index (χ3n) is 9.21. The van der Waals surface area contributed by atoms with E-state index in [9.17, 15) is 0 Å². The molecule has 5 aromatic carbocycles. The molecule has 0 fully saturated rings. The molecule has 0 radical (unpaired) electrons. The van der Waals surface area contributed by atoms with Gasteiger partial charge in [0, 0.05) is 5.41 Å². The van der Waals surface area contributed by atoms with Crippen LogP contribution in [0.1, 0.15) is 62.4 Å². The largest absolute Gasteiger partial charge is 0.0991 e. The van der Waals surface area contributed by atoms with E-state index in [0.29, 0.717) is 0 Å². The van der Waals surface area contributed by atoms with Gasteiger partial charge in [-0.15, -0.1) is 0 Å². The number of allylic oxidation sites excluding steroid dienone is 7. The second-order valence-corrected chi connectivity index (χ2v) is 11.8. The van der Waals surface area contributed by atoms with Gasteiger partial charge >= 0.3 is 0 Å². The molecule has 0 aliphatic heterocycles. The molecule has 0 saturated carbocycles. The molecule has 206 valence electrons. The molecule has 1 aliphatic carbocycles. The summed E-state index contributed by atoms with van der Waals surface area (Å²) in [6.07, 6.45) is 12.8. The molecule has 6 rings (SSSR count). The maximum Gasteiger partial charge on any atom is 0.0114 e. The van der Waals surface area contributed by atoms with Crippen LogP contribution >= 0.6 is 0 Å². The second kappa shape index (κ2) is 11.0. The van der Waals surface area contributed by atoms with E-state index < -0.39 is 0 Å². The molecule has 0 bridgehead atoms. The summed E-state index contributed by atoms with van der Waals surface area (Å²) in [5.41, 5.74) is 13.1. The van der Waals surface area contributed by atoms with E-state index in [2.05, 4.69) is 156 Å².